The third-order valence-corrected chi connectivity index (χ3v) is 20.6. The van der Waals surface area contributed by atoms with Gasteiger partial charge in [0.1, 0.15) is 35.8 Å². The number of benzene rings is 2. The third-order valence-electron chi connectivity index (χ3n) is 20.6. The lowest BCUT2D eigenvalue weighted by molar-refractivity contribution is -0.142. The Balaban J connectivity index is 0.826. The minimum atomic E-state index is -4.62. The second kappa shape index (κ2) is 23.0. The molecule has 6 amide bonds. The fraction of sp³-hybridized carbons (Fsp3) is 0.613. The van der Waals surface area contributed by atoms with Gasteiger partial charge >= 0.3 is 6.18 Å². The quantitative estimate of drug-likeness (QED) is 0.0394. The molecule has 452 valence electrons. The number of amides is 6. The molecular formula is C62H78F4N10O8. The second-order valence-corrected chi connectivity index (χ2v) is 26.4. The van der Waals surface area contributed by atoms with Gasteiger partial charge in [-0.1, -0.05) is 64.7 Å². The monoisotopic (exact) mass is 1170 g/mol. The predicted octanol–water partition coefficient (Wildman–Crippen LogP) is 7.89. The van der Waals surface area contributed by atoms with Crippen molar-refractivity contribution in [2.45, 2.75) is 146 Å². The first-order valence-corrected chi connectivity index (χ1v) is 30.0. The van der Waals surface area contributed by atoms with Crippen LogP contribution in [-0.2, 0) is 53.1 Å². The summed E-state index contributed by atoms with van der Waals surface area (Å²) < 4.78 is 70.6. The number of nitrogens with zero attached hydrogens (tertiary/aromatic N) is 4. The van der Waals surface area contributed by atoms with Gasteiger partial charge in [0.05, 0.1) is 29.7 Å². The molecule has 4 aromatic rings. The maximum absolute atomic E-state index is 16.5. The lowest BCUT2D eigenvalue weighted by Gasteiger charge is -2.47. The van der Waals surface area contributed by atoms with Gasteiger partial charge in [0, 0.05) is 51.4 Å². The average molecular weight is 1170 g/mol. The Hall–Kier alpha value is -6.68. The van der Waals surface area contributed by atoms with E-state index in [4.69, 9.17) is 9.47 Å². The van der Waals surface area contributed by atoms with Crippen molar-refractivity contribution < 1.29 is 55.8 Å². The fourth-order valence-electron chi connectivity index (χ4n) is 14.3. The van der Waals surface area contributed by atoms with Gasteiger partial charge in [-0.15, -0.1) is 0 Å². The minimum Gasteiger partial charge on any atom is -0.380 e. The molecule has 0 spiro atoms. The number of ether oxygens (including phenoxy) is 2. The van der Waals surface area contributed by atoms with Crippen LogP contribution >= 0.6 is 0 Å². The molecule has 11 rings (SSSR count). The maximum Gasteiger partial charge on any atom is 0.405 e. The summed E-state index contributed by atoms with van der Waals surface area (Å²) in [7, 11) is 1.63. The van der Waals surface area contributed by atoms with Crippen LogP contribution in [0.15, 0.2) is 67.0 Å². The van der Waals surface area contributed by atoms with Crippen LogP contribution in [-0.4, -0.2) is 113 Å². The Kier molecular flexibility index (Phi) is 16.1. The number of rotatable bonds is 23. The van der Waals surface area contributed by atoms with Crippen molar-refractivity contribution in [3.05, 3.63) is 95.3 Å². The number of hydrogen-bond acceptors (Lipinski definition) is 10. The van der Waals surface area contributed by atoms with Crippen LogP contribution in [0.25, 0.3) is 0 Å². The molecule has 0 radical (unpaired) electrons. The van der Waals surface area contributed by atoms with Crippen LogP contribution in [0.1, 0.15) is 143 Å². The van der Waals surface area contributed by atoms with E-state index in [1.165, 1.54) is 29.2 Å². The molecule has 5 saturated carbocycles. The highest BCUT2D eigenvalue weighted by Gasteiger charge is 2.58. The Bertz CT molecular complexity index is 3150. The van der Waals surface area contributed by atoms with E-state index in [0.717, 1.165) is 70.6 Å². The Morgan fingerprint density at radius 3 is 1.83 bits per heavy atom. The number of alkyl halides is 3. The van der Waals surface area contributed by atoms with Gasteiger partial charge in [-0.25, -0.2) is 4.39 Å². The minimum absolute atomic E-state index is 0.0296. The van der Waals surface area contributed by atoms with Crippen molar-refractivity contribution >= 4 is 46.8 Å². The average Bonchev–Trinajstić information content (AvgIpc) is 1.67. The summed E-state index contributed by atoms with van der Waals surface area (Å²) in [6, 6.07) is 12.0. The summed E-state index contributed by atoms with van der Waals surface area (Å²) >= 11 is 0. The lowest BCUT2D eigenvalue weighted by Crippen LogP contribution is -2.56. The molecule has 18 nitrogen and oxygen atoms in total. The molecule has 0 bridgehead atoms. The lowest BCUT2D eigenvalue weighted by atomic mass is 9.60. The molecule has 2 aliphatic heterocycles. The summed E-state index contributed by atoms with van der Waals surface area (Å²) in [5, 5.41) is 26.0. The zero-order chi connectivity index (χ0) is 59.4. The van der Waals surface area contributed by atoms with E-state index in [0.29, 0.717) is 42.8 Å². The first kappa shape index (κ1) is 59.1. The number of carbonyl (C=O) groups is 6. The predicted molar refractivity (Wildman–Crippen MR) is 302 cm³/mol. The molecule has 4 heterocycles. The smallest absolute Gasteiger partial charge is 0.380 e. The van der Waals surface area contributed by atoms with Gasteiger partial charge in [-0.05, 0) is 158 Å². The first-order valence-electron chi connectivity index (χ1n) is 30.0. The van der Waals surface area contributed by atoms with Gasteiger partial charge in [-0.3, -0.25) is 38.1 Å². The molecule has 2 aromatic carbocycles. The van der Waals surface area contributed by atoms with Crippen molar-refractivity contribution in [2.24, 2.45) is 52.9 Å². The number of halogens is 4. The van der Waals surface area contributed by atoms with E-state index in [9.17, 15) is 41.9 Å². The molecule has 6 unspecified atom stereocenters. The normalized spacial score (nSPS) is 26.0. The summed E-state index contributed by atoms with van der Waals surface area (Å²) in [6.07, 6.45) is 9.58. The summed E-state index contributed by atoms with van der Waals surface area (Å²) in [6.45, 7) is 6.14. The summed E-state index contributed by atoms with van der Waals surface area (Å²) in [5.74, 6) is -4.67. The highest BCUT2D eigenvalue weighted by atomic mass is 19.4. The van der Waals surface area contributed by atoms with Gasteiger partial charge in [0.15, 0.2) is 0 Å². The van der Waals surface area contributed by atoms with E-state index in [1.807, 2.05) is 5.32 Å². The zero-order valence-electron chi connectivity index (χ0n) is 48.3. The highest BCUT2D eigenvalue weighted by Crippen LogP contribution is 2.61. The third kappa shape index (κ3) is 11.9. The van der Waals surface area contributed by atoms with Crippen LogP contribution in [0.5, 0.6) is 0 Å². The molecule has 84 heavy (non-hydrogen) atoms. The van der Waals surface area contributed by atoms with Gasteiger partial charge < -0.3 is 41.4 Å². The Labute approximate surface area is 486 Å². The van der Waals surface area contributed by atoms with Gasteiger partial charge in [0.25, 0.3) is 11.8 Å². The molecular weight excluding hydrogens is 1090 g/mol. The molecule has 2 aromatic heterocycles. The van der Waals surface area contributed by atoms with Crippen molar-refractivity contribution in [2.75, 3.05) is 50.2 Å². The largest absolute Gasteiger partial charge is 0.405 e. The molecule has 6 N–H and O–H groups in total. The Morgan fingerprint density at radius 2 is 1.29 bits per heavy atom. The van der Waals surface area contributed by atoms with E-state index in [2.05, 4.69) is 57.6 Å². The van der Waals surface area contributed by atoms with Crippen LogP contribution in [0.2, 0.25) is 0 Å². The van der Waals surface area contributed by atoms with Crippen LogP contribution < -0.4 is 31.9 Å². The number of aryl methyl sites for hydroxylation is 1. The number of nitrogens with one attached hydrogen (secondary N) is 6. The van der Waals surface area contributed by atoms with Crippen molar-refractivity contribution in [1.29, 1.82) is 0 Å². The van der Waals surface area contributed by atoms with Crippen LogP contribution in [0, 0.1) is 51.7 Å². The van der Waals surface area contributed by atoms with E-state index >= 15 is 4.39 Å². The topological polar surface area (TPSA) is 229 Å². The van der Waals surface area contributed by atoms with Crippen molar-refractivity contribution in [1.82, 2.24) is 40.8 Å². The molecule has 2 saturated heterocycles. The summed E-state index contributed by atoms with van der Waals surface area (Å²) in [4.78, 5) is 86.3. The molecule has 5 aliphatic carbocycles. The maximum atomic E-state index is 16.5. The molecule has 7 fully saturated rings. The SMILES string of the molecule is Cn1nccc1C(=O)N[C@H](C(=O)Nc1ccc(C2(C(=O)NCC3(C)CCC3)CCOC2)cc1F)C(C1CCC1Cn1nccc1C(=O)N[C@H](C(=O)Nc1cccc(C2(C(=O)NCC(F)(F)F)CCOC2)c1)C(C1CCC1)C1(C)CC1)C1(C)CC1. The van der Waals surface area contributed by atoms with Crippen LogP contribution in [0.3, 0.4) is 0 Å². The molecule has 7 aliphatic rings. The van der Waals surface area contributed by atoms with E-state index in [1.54, 1.807) is 54.2 Å². The second-order valence-electron chi connectivity index (χ2n) is 26.4. The number of aromatic nitrogens is 4. The number of hydrogen-bond donors (Lipinski definition) is 6. The zero-order valence-corrected chi connectivity index (χ0v) is 48.3. The van der Waals surface area contributed by atoms with Crippen LogP contribution in [0.4, 0.5) is 28.9 Å². The standard InChI is InChI=1S/C62H78F4N10O8/c1-57(18-7-19-57)33-67-55(81)61(25-29-84-36-61)40-13-15-44(43(63)31-40)72-54(80)50(74-51(77)45-16-26-69-75(45)4)48(59(3)22-23-59)42-14-12-38(42)32-76-46(17-27-70-76)52(78)73-49(47(37-8-5-9-37)58(2)20-21-58)53(79)71-41-11-6-10-39(30-41)60(24-28-83-35-60)56(82)68-34-62(64,65)66/h6,10-11,13,15-17,26-27,30-31,37-38,42,47-50H,5,7-9,12,14,18-25,28-29,32-36H2,1-4H3,(H,67,81)(H,68,82)(H,71,79)(H,72,80)(H,73,78)(H,74,77)/t38?,42?,47?,48?,49-,50-,60?,61?/m0/s1. The van der Waals surface area contributed by atoms with Crippen molar-refractivity contribution in [3.63, 3.8) is 0 Å². The fourth-order valence-corrected chi connectivity index (χ4v) is 14.3. The number of carbonyl (C=O) groups excluding carboxylic acids is 6. The first-order chi connectivity index (χ1) is 40.0. The van der Waals surface area contributed by atoms with E-state index < -0.39 is 82.3 Å². The van der Waals surface area contributed by atoms with Gasteiger partial charge in [0.2, 0.25) is 23.6 Å². The number of anilines is 2. The molecule has 22 heteroatoms. The highest BCUT2D eigenvalue weighted by molar-refractivity contribution is 6.02. The van der Waals surface area contributed by atoms with Gasteiger partial charge in [-0.2, -0.15) is 23.4 Å². The molecule has 8 atom stereocenters. The van der Waals surface area contributed by atoms with Crippen molar-refractivity contribution in [3.8, 4) is 0 Å². The Morgan fingerprint density at radius 1 is 0.679 bits per heavy atom. The van der Waals surface area contributed by atoms with E-state index in [-0.39, 0.29) is 90.3 Å². The summed E-state index contributed by atoms with van der Waals surface area (Å²) in [5.41, 5.74) is -1.61.